The number of rotatable bonds is 3. The quantitative estimate of drug-likeness (QED) is 0.929. The Morgan fingerprint density at radius 3 is 2.26 bits per heavy atom. The Bertz CT molecular complexity index is 617. The van der Waals surface area contributed by atoms with Gasteiger partial charge < -0.3 is 5.11 Å². The maximum Gasteiger partial charge on any atom is 0.347 e. The SMILES string of the molecule is CC(C)c1nc(-c2cc(F)cc(F)c2)sc1C(=O)O. The van der Waals surface area contributed by atoms with Gasteiger partial charge in [0, 0.05) is 11.6 Å². The van der Waals surface area contributed by atoms with E-state index in [0.29, 0.717) is 10.7 Å². The first-order valence-electron chi connectivity index (χ1n) is 5.59. The van der Waals surface area contributed by atoms with Crippen molar-refractivity contribution >= 4 is 17.3 Å². The Morgan fingerprint density at radius 1 is 1.26 bits per heavy atom. The van der Waals surface area contributed by atoms with Crippen LogP contribution in [-0.4, -0.2) is 16.1 Å². The third kappa shape index (κ3) is 2.78. The highest BCUT2D eigenvalue weighted by molar-refractivity contribution is 7.17. The van der Waals surface area contributed by atoms with Gasteiger partial charge in [-0.3, -0.25) is 0 Å². The van der Waals surface area contributed by atoms with Gasteiger partial charge in [-0.2, -0.15) is 0 Å². The molecule has 1 aromatic carbocycles. The summed E-state index contributed by atoms with van der Waals surface area (Å²) in [5.74, 6) is -2.58. The van der Waals surface area contributed by atoms with Gasteiger partial charge in [0.1, 0.15) is 21.5 Å². The molecule has 0 bridgehead atoms. The van der Waals surface area contributed by atoms with Crippen LogP contribution in [0, 0.1) is 11.6 Å². The van der Waals surface area contributed by atoms with Crippen molar-refractivity contribution in [3.63, 3.8) is 0 Å². The predicted octanol–water partition coefficient (Wildman–Crippen LogP) is 3.91. The lowest BCUT2D eigenvalue weighted by Gasteiger charge is -2.00. The highest BCUT2D eigenvalue weighted by atomic mass is 32.1. The van der Waals surface area contributed by atoms with Crippen LogP contribution in [0.15, 0.2) is 18.2 Å². The molecule has 0 amide bonds. The number of hydrogen-bond acceptors (Lipinski definition) is 3. The fourth-order valence-corrected chi connectivity index (χ4v) is 2.72. The molecule has 0 saturated heterocycles. The zero-order chi connectivity index (χ0) is 14.2. The van der Waals surface area contributed by atoms with Gasteiger partial charge in [0.2, 0.25) is 0 Å². The Hall–Kier alpha value is -1.82. The molecule has 3 nitrogen and oxygen atoms in total. The molecule has 0 saturated carbocycles. The number of carbonyl (C=O) groups is 1. The molecule has 1 N–H and O–H groups in total. The topological polar surface area (TPSA) is 50.2 Å². The summed E-state index contributed by atoms with van der Waals surface area (Å²) in [5, 5.41) is 9.41. The molecule has 0 radical (unpaired) electrons. The number of hydrogen-bond donors (Lipinski definition) is 1. The summed E-state index contributed by atoms with van der Waals surface area (Å²) in [6, 6.07) is 3.04. The minimum atomic E-state index is -1.08. The lowest BCUT2D eigenvalue weighted by molar-refractivity contribution is 0.0700. The first kappa shape index (κ1) is 13.6. The number of aromatic nitrogens is 1. The molecule has 19 heavy (non-hydrogen) atoms. The molecule has 1 aromatic heterocycles. The van der Waals surface area contributed by atoms with Crippen molar-refractivity contribution in [3.05, 3.63) is 40.4 Å². The van der Waals surface area contributed by atoms with E-state index < -0.39 is 17.6 Å². The van der Waals surface area contributed by atoms with Crippen LogP contribution in [0.5, 0.6) is 0 Å². The minimum absolute atomic E-state index is 0.0745. The second-order valence-electron chi connectivity index (χ2n) is 4.35. The fourth-order valence-electron chi connectivity index (χ4n) is 1.68. The van der Waals surface area contributed by atoms with Crippen molar-refractivity contribution in [2.75, 3.05) is 0 Å². The molecule has 6 heteroatoms. The molecule has 0 spiro atoms. The number of aromatic carboxylic acids is 1. The van der Waals surface area contributed by atoms with Gasteiger partial charge in [-0.05, 0) is 18.1 Å². The molecule has 100 valence electrons. The summed E-state index contributed by atoms with van der Waals surface area (Å²) >= 11 is 0.922. The summed E-state index contributed by atoms with van der Waals surface area (Å²) in [6.07, 6.45) is 0. The van der Waals surface area contributed by atoms with E-state index in [9.17, 15) is 13.6 Å². The van der Waals surface area contributed by atoms with Crippen molar-refractivity contribution < 1.29 is 18.7 Å². The Balaban J connectivity index is 2.57. The largest absolute Gasteiger partial charge is 0.477 e. The molecule has 0 fully saturated rings. The van der Waals surface area contributed by atoms with Crippen molar-refractivity contribution in [1.82, 2.24) is 4.98 Å². The molecule has 1 heterocycles. The third-order valence-electron chi connectivity index (χ3n) is 2.50. The number of benzene rings is 1. The van der Waals surface area contributed by atoms with Crippen LogP contribution in [0.25, 0.3) is 10.6 Å². The summed E-state index contributed by atoms with van der Waals surface area (Å²) in [7, 11) is 0. The molecule has 2 aromatic rings. The van der Waals surface area contributed by atoms with Crippen molar-refractivity contribution in [2.24, 2.45) is 0 Å². The lowest BCUT2D eigenvalue weighted by atomic mass is 10.1. The zero-order valence-corrected chi connectivity index (χ0v) is 11.1. The van der Waals surface area contributed by atoms with E-state index in [0.717, 1.165) is 29.5 Å². The van der Waals surface area contributed by atoms with Gasteiger partial charge in [0.15, 0.2) is 0 Å². The second-order valence-corrected chi connectivity index (χ2v) is 5.35. The summed E-state index contributed by atoms with van der Waals surface area (Å²) in [6.45, 7) is 3.63. The van der Waals surface area contributed by atoms with Gasteiger partial charge in [0.25, 0.3) is 0 Å². The molecule has 0 atom stereocenters. The van der Waals surface area contributed by atoms with Crippen molar-refractivity contribution in [1.29, 1.82) is 0 Å². The standard InChI is InChI=1S/C13H11F2NO2S/c1-6(2)10-11(13(17)18)19-12(16-10)7-3-8(14)5-9(15)4-7/h3-6H,1-2H3,(H,17,18). The van der Waals surface area contributed by atoms with Crippen LogP contribution >= 0.6 is 11.3 Å². The zero-order valence-electron chi connectivity index (χ0n) is 10.3. The summed E-state index contributed by atoms with van der Waals surface area (Å²) in [5.41, 5.74) is 0.675. The van der Waals surface area contributed by atoms with Crippen LogP contribution in [0.3, 0.4) is 0 Å². The summed E-state index contributed by atoms with van der Waals surface area (Å²) < 4.78 is 26.3. The van der Waals surface area contributed by atoms with E-state index in [4.69, 9.17) is 5.11 Å². The first-order valence-corrected chi connectivity index (χ1v) is 6.40. The number of halogens is 2. The smallest absolute Gasteiger partial charge is 0.347 e. The number of nitrogens with zero attached hydrogens (tertiary/aromatic N) is 1. The molecule has 0 aliphatic carbocycles. The fraction of sp³-hybridized carbons (Fsp3) is 0.231. The summed E-state index contributed by atoms with van der Waals surface area (Å²) in [4.78, 5) is 15.4. The maximum absolute atomic E-state index is 13.2. The predicted molar refractivity (Wildman–Crippen MR) is 68.5 cm³/mol. The monoisotopic (exact) mass is 283 g/mol. The molecule has 0 unspecified atom stereocenters. The van der Waals surface area contributed by atoms with Crippen LogP contribution in [-0.2, 0) is 0 Å². The lowest BCUT2D eigenvalue weighted by Crippen LogP contribution is -2.00. The van der Waals surface area contributed by atoms with E-state index in [-0.39, 0.29) is 16.4 Å². The van der Waals surface area contributed by atoms with E-state index in [1.54, 1.807) is 0 Å². The van der Waals surface area contributed by atoms with Gasteiger partial charge in [-0.1, -0.05) is 13.8 Å². The van der Waals surface area contributed by atoms with E-state index in [2.05, 4.69) is 4.98 Å². The Morgan fingerprint density at radius 2 is 1.84 bits per heavy atom. The van der Waals surface area contributed by atoms with Crippen LogP contribution in [0.1, 0.15) is 35.1 Å². The number of thiazole rings is 1. The van der Waals surface area contributed by atoms with Crippen molar-refractivity contribution in [2.45, 2.75) is 19.8 Å². The van der Waals surface area contributed by atoms with Crippen LogP contribution in [0.2, 0.25) is 0 Å². The van der Waals surface area contributed by atoms with Gasteiger partial charge in [-0.15, -0.1) is 11.3 Å². The van der Waals surface area contributed by atoms with E-state index >= 15 is 0 Å². The highest BCUT2D eigenvalue weighted by Gasteiger charge is 2.20. The first-order chi connectivity index (χ1) is 8.88. The minimum Gasteiger partial charge on any atom is -0.477 e. The van der Waals surface area contributed by atoms with Gasteiger partial charge in [0.05, 0.1) is 5.69 Å². The number of carboxylic acid groups (broad SMARTS) is 1. The molecular formula is C13H11F2NO2S. The highest BCUT2D eigenvalue weighted by Crippen LogP contribution is 2.32. The second kappa shape index (κ2) is 5.05. The average Bonchev–Trinajstić information content (AvgIpc) is 2.72. The average molecular weight is 283 g/mol. The van der Waals surface area contributed by atoms with Gasteiger partial charge >= 0.3 is 5.97 Å². The van der Waals surface area contributed by atoms with Crippen LogP contribution < -0.4 is 0 Å². The molecular weight excluding hydrogens is 272 g/mol. The normalized spacial score (nSPS) is 11.0. The van der Waals surface area contributed by atoms with Gasteiger partial charge in [-0.25, -0.2) is 18.6 Å². The molecule has 0 aliphatic rings. The molecule has 0 aliphatic heterocycles. The number of carboxylic acids is 1. The Labute approximate surface area is 112 Å². The maximum atomic E-state index is 13.2. The molecule has 2 rings (SSSR count). The van der Waals surface area contributed by atoms with E-state index in [1.165, 1.54) is 0 Å². The van der Waals surface area contributed by atoms with E-state index in [1.807, 2.05) is 13.8 Å². The van der Waals surface area contributed by atoms with Crippen LogP contribution in [0.4, 0.5) is 8.78 Å². The third-order valence-corrected chi connectivity index (χ3v) is 3.61. The Kier molecular flexibility index (Phi) is 3.61. The van der Waals surface area contributed by atoms with Crippen molar-refractivity contribution in [3.8, 4) is 10.6 Å².